The smallest absolute Gasteiger partial charge is 0.334 e. The minimum absolute atomic E-state index is 0.00162. The van der Waals surface area contributed by atoms with Crippen LogP contribution in [0.2, 0.25) is 0 Å². The topological polar surface area (TPSA) is 101 Å². The van der Waals surface area contributed by atoms with E-state index in [9.17, 15) is 24.6 Å². The third kappa shape index (κ3) is 2.68. The number of ketones is 2. The second-order valence-electron chi connectivity index (χ2n) is 7.72. The number of carbonyl (C=O) groups excluding carboxylic acids is 3. The van der Waals surface area contributed by atoms with E-state index in [1.165, 1.54) is 6.92 Å². The number of aliphatic hydroxyl groups excluding tert-OH is 1. The summed E-state index contributed by atoms with van der Waals surface area (Å²) >= 11 is 0. The highest BCUT2D eigenvalue weighted by Gasteiger charge is 2.54. The molecular formula is C20H24O6. The summed E-state index contributed by atoms with van der Waals surface area (Å²) in [5.74, 6) is -3.23. The summed E-state index contributed by atoms with van der Waals surface area (Å²) < 4.78 is 5.35. The molecule has 0 amide bonds. The van der Waals surface area contributed by atoms with E-state index in [1.807, 2.05) is 0 Å². The molecule has 6 nitrogen and oxygen atoms in total. The van der Waals surface area contributed by atoms with Crippen molar-refractivity contribution in [1.82, 2.24) is 0 Å². The number of rotatable bonds is 1. The van der Waals surface area contributed by atoms with Crippen LogP contribution in [0.25, 0.3) is 0 Å². The van der Waals surface area contributed by atoms with Gasteiger partial charge in [-0.2, -0.15) is 0 Å². The van der Waals surface area contributed by atoms with Crippen molar-refractivity contribution in [1.29, 1.82) is 0 Å². The first-order chi connectivity index (χ1) is 12.1. The zero-order valence-corrected chi connectivity index (χ0v) is 15.2. The fourth-order valence-electron chi connectivity index (χ4n) is 4.20. The normalized spacial score (nSPS) is 37.9. The summed E-state index contributed by atoms with van der Waals surface area (Å²) in [6.45, 7) is 8.71. The summed E-state index contributed by atoms with van der Waals surface area (Å²) in [5, 5.41) is 21.6. The molecular weight excluding hydrogens is 336 g/mol. The summed E-state index contributed by atoms with van der Waals surface area (Å²) in [7, 11) is 0. The van der Waals surface area contributed by atoms with Gasteiger partial charge in [0.1, 0.15) is 17.8 Å². The molecule has 2 aliphatic carbocycles. The maximum absolute atomic E-state index is 13.0. The lowest BCUT2D eigenvalue weighted by molar-refractivity contribution is -0.150. The molecule has 5 unspecified atom stereocenters. The van der Waals surface area contributed by atoms with Gasteiger partial charge in [0, 0.05) is 29.4 Å². The second-order valence-corrected chi connectivity index (χ2v) is 7.72. The van der Waals surface area contributed by atoms with E-state index in [-0.39, 0.29) is 12.0 Å². The minimum Gasteiger partial charge on any atom is -0.450 e. The Labute approximate surface area is 152 Å². The number of hydrogen-bond acceptors (Lipinski definition) is 6. The van der Waals surface area contributed by atoms with Crippen LogP contribution in [0.4, 0.5) is 0 Å². The molecule has 6 heteroatoms. The Kier molecular flexibility index (Phi) is 4.53. The van der Waals surface area contributed by atoms with E-state index in [0.29, 0.717) is 29.6 Å². The van der Waals surface area contributed by atoms with Crippen LogP contribution in [0.15, 0.2) is 34.9 Å². The lowest BCUT2D eigenvalue weighted by Crippen LogP contribution is -2.51. The standard InChI is InChI=1S/C20H24O6/c1-9(2)13-6-5-12-7-14(26-19(12)24)15-10(3)8-20(25,18(15)23)11(4)16(21)17(13)22/h7,11,13-14,16,21,25H,1,5-6,8H2,2-4H3. The fraction of sp³-hybridized carbons (Fsp3) is 0.550. The van der Waals surface area contributed by atoms with Crippen LogP contribution in [-0.4, -0.2) is 45.6 Å². The Balaban J connectivity index is 2.10. The highest BCUT2D eigenvalue weighted by Crippen LogP contribution is 2.43. The molecule has 0 aromatic rings. The van der Waals surface area contributed by atoms with Crippen molar-refractivity contribution >= 4 is 17.5 Å². The van der Waals surface area contributed by atoms with Gasteiger partial charge in [-0.25, -0.2) is 4.79 Å². The molecule has 0 fully saturated rings. The van der Waals surface area contributed by atoms with Gasteiger partial charge in [-0.1, -0.05) is 24.6 Å². The van der Waals surface area contributed by atoms with E-state index in [1.54, 1.807) is 19.9 Å². The average Bonchev–Trinajstić information content (AvgIpc) is 3.03. The highest BCUT2D eigenvalue weighted by molar-refractivity contribution is 6.08. The van der Waals surface area contributed by atoms with E-state index in [4.69, 9.17) is 4.74 Å². The van der Waals surface area contributed by atoms with Crippen molar-refractivity contribution in [2.45, 2.75) is 57.8 Å². The summed E-state index contributed by atoms with van der Waals surface area (Å²) in [4.78, 5) is 38.0. The van der Waals surface area contributed by atoms with E-state index >= 15 is 0 Å². The van der Waals surface area contributed by atoms with Crippen molar-refractivity contribution in [3.05, 3.63) is 34.9 Å². The predicted molar refractivity (Wildman–Crippen MR) is 93.0 cm³/mol. The van der Waals surface area contributed by atoms with Crippen LogP contribution < -0.4 is 0 Å². The van der Waals surface area contributed by atoms with E-state index < -0.39 is 47.2 Å². The van der Waals surface area contributed by atoms with Crippen molar-refractivity contribution in [2.24, 2.45) is 11.8 Å². The average molecular weight is 360 g/mol. The maximum atomic E-state index is 13.0. The van der Waals surface area contributed by atoms with Crippen molar-refractivity contribution < 1.29 is 29.3 Å². The number of hydrogen-bond donors (Lipinski definition) is 2. The molecule has 0 spiro atoms. The minimum atomic E-state index is -1.89. The largest absolute Gasteiger partial charge is 0.450 e. The monoisotopic (exact) mass is 360 g/mol. The molecule has 3 aliphatic rings. The fourth-order valence-corrected chi connectivity index (χ4v) is 4.20. The van der Waals surface area contributed by atoms with Crippen LogP contribution in [0.3, 0.4) is 0 Å². The Hall–Kier alpha value is -2.05. The number of esters is 1. The van der Waals surface area contributed by atoms with Gasteiger partial charge < -0.3 is 14.9 Å². The number of fused-ring (bicyclic) bond motifs is 4. The summed E-state index contributed by atoms with van der Waals surface area (Å²) in [6.07, 6.45) is -0.0995. The molecule has 1 heterocycles. The van der Waals surface area contributed by atoms with Gasteiger partial charge >= 0.3 is 5.97 Å². The Morgan fingerprint density at radius 3 is 2.62 bits per heavy atom. The zero-order chi connectivity index (χ0) is 19.4. The molecule has 26 heavy (non-hydrogen) atoms. The van der Waals surface area contributed by atoms with Gasteiger partial charge in [0.15, 0.2) is 11.6 Å². The molecule has 2 N–H and O–H groups in total. The van der Waals surface area contributed by atoms with E-state index in [0.717, 1.165) is 0 Å². The van der Waals surface area contributed by atoms with Crippen molar-refractivity contribution in [2.75, 3.05) is 0 Å². The summed E-state index contributed by atoms with van der Waals surface area (Å²) in [5.41, 5.74) is -0.0623. The number of Topliss-reactive ketones (excluding diaryl/α,β-unsaturated/α-hetero) is 2. The maximum Gasteiger partial charge on any atom is 0.334 e. The molecule has 5 atom stereocenters. The molecule has 3 rings (SSSR count). The Morgan fingerprint density at radius 1 is 1.35 bits per heavy atom. The van der Waals surface area contributed by atoms with Crippen LogP contribution in [0, 0.1) is 11.8 Å². The quantitative estimate of drug-likeness (QED) is 0.542. The summed E-state index contributed by atoms with van der Waals surface area (Å²) in [6, 6.07) is 0. The van der Waals surface area contributed by atoms with Crippen LogP contribution in [0.5, 0.6) is 0 Å². The SMILES string of the molecule is C=C(C)C1CCC2=CC(OC2=O)C2=C(C)CC(O)(C2=O)C(C)C(O)C1=O. The number of ether oxygens (including phenoxy) is 1. The molecule has 140 valence electrons. The van der Waals surface area contributed by atoms with Gasteiger partial charge in [0.2, 0.25) is 0 Å². The molecule has 0 aromatic heterocycles. The van der Waals surface area contributed by atoms with Gasteiger partial charge in [-0.15, -0.1) is 0 Å². The van der Waals surface area contributed by atoms with E-state index in [2.05, 4.69) is 6.58 Å². The first kappa shape index (κ1) is 18.7. The van der Waals surface area contributed by atoms with Gasteiger partial charge in [0.25, 0.3) is 0 Å². The number of allylic oxidation sites excluding steroid dienone is 1. The molecule has 0 aromatic carbocycles. The second kappa shape index (κ2) is 6.28. The first-order valence-corrected chi connectivity index (χ1v) is 8.83. The Bertz CT molecular complexity index is 773. The van der Waals surface area contributed by atoms with Gasteiger partial charge in [-0.05, 0) is 32.8 Å². The third-order valence-electron chi connectivity index (χ3n) is 5.92. The van der Waals surface area contributed by atoms with Gasteiger partial charge in [0.05, 0.1) is 0 Å². The lowest BCUT2D eigenvalue weighted by atomic mass is 9.75. The number of carbonyl (C=O) groups is 3. The highest BCUT2D eigenvalue weighted by atomic mass is 16.5. The first-order valence-electron chi connectivity index (χ1n) is 8.83. The molecule has 0 saturated heterocycles. The lowest BCUT2D eigenvalue weighted by Gasteiger charge is -2.33. The third-order valence-corrected chi connectivity index (χ3v) is 5.92. The van der Waals surface area contributed by atoms with Crippen LogP contribution in [-0.2, 0) is 19.1 Å². The molecule has 4 bridgehead atoms. The molecule has 1 aliphatic heterocycles. The molecule has 0 saturated carbocycles. The van der Waals surface area contributed by atoms with Crippen LogP contribution >= 0.6 is 0 Å². The zero-order valence-electron chi connectivity index (χ0n) is 15.2. The number of aliphatic hydroxyl groups is 2. The van der Waals surface area contributed by atoms with Crippen molar-refractivity contribution in [3.8, 4) is 0 Å². The van der Waals surface area contributed by atoms with Crippen LogP contribution in [0.1, 0.15) is 40.0 Å². The van der Waals surface area contributed by atoms with Gasteiger partial charge in [-0.3, -0.25) is 9.59 Å². The predicted octanol–water partition coefficient (Wildman–Crippen LogP) is 1.41. The Morgan fingerprint density at radius 2 is 2.00 bits per heavy atom. The molecule has 0 radical (unpaired) electrons. The van der Waals surface area contributed by atoms with Crippen molar-refractivity contribution in [3.63, 3.8) is 0 Å².